The molecular formula is C18H11N3. The molecule has 0 atom stereocenters. The van der Waals surface area contributed by atoms with Gasteiger partial charge in [0.05, 0.1) is 5.52 Å². The normalized spacial score (nSPS) is 9.81. The first kappa shape index (κ1) is 12.7. The van der Waals surface area contributed by atoms with Crippen molar-refractivity contribution >= 4 is 17.0 Å². The molecule has 0 bridgehead atoms. The van der Waals surface area contributed by atoms with Crippen molar-refractivity contribution in [2.24, 2.45) is 0 Å². The summed E-state index contributed by atoms with van der Waals surface area (Å²) in [5.41, 5.74) is 3.06. The minimum absolute atomic E-state index is 0.103. The fourth-order valence-corrected chi connectivity index (χ4v) is 2.37. The van der Waals surface area contributed by atoms with E-state index in [9.17, 15) is 0 Å². The minimum atomic E-state index is 0.103. The molecule has 0 amide bonds. The molecule has 0 radical (unpaired) electrons. The Kier molecular flexibility index (Phi) is 3.25. The number of allylic oxidation sites excluding steroid dienone is 1. The van der Waals surface area contributed by atoms with Crippen molar-refractivity contribution in [3.8, 4) is 17.8 Å². The fraction of sp³-hybridized carbons (Fsp3) is 0. The van der Waals surface area contributed by atoms with Gasteiger partial charge in [0.2, 0.25) is 0 Å². The highest BCUT2D eigenvalue weighted by molar-refractivity contribution is 5.92. The van der Waals surface area contributed by atoms with Gasteiger partial charge in [0.1, 0.15) is 17.7 Å². The second-order valence-electron chi connectivity index (χ2n) is 4.59. The summed E-state index contributed by atoms with van der Waals surface area (Å²) in [7, 11) is 0. The predicted octanol–water partition coefficient (Wildman–Crippen LogP) is 4.06. The highest BCUT2D eigenvalue weighted by atomic mass is 15.0. The van der Waals surface area contributed by atoms with Crippen LogP contribution in [0.4, 0.5) is 0 Å². The molecule has 0 unspecified atom stereocenters. The van der Waals surface area contributed by atoms with E-state index in [2.05, 4.69) is 4.57 Å². The van der Waals surface area contributed by atoms with Gasteiger partial charge in [0.15, 0.2) is 0 Å². The molecule has 1 heterocycles. The number of benzene rings is 2. The quantitative estimate of drug-likeness (QED) is 0.659. The van der Waals surface area contributed by atoms with Gasteiger partial charge in [-0.25, -0.2) is 0 Å². The second-order valence-corrected chi connectivity index (χ2v) is 4.59. The van der Waals surface area contributed by atoms with E-state index in [1.54, 1.807) is 6.08 Å². The molecule has 3 heteroatoms. The summed E-state index contributed by atoms with van der Waals surface area (Å²) in [4.78, 5) is 0. The van der Waals surface area contributed by atoms with Gasteiger partial charge in [0.25, 0.3) is 0 Å². The molecule has 3 aromatic rings. The van der Waals surface area contributed by atoms with Crippen molar-refractivity contribution in [1.29, 1.82) is 10.5 Å². The fourth-order valence-electron chi connectivity index (χ4n) is 2.37. The average Bonchev–Trinajstić information content (AvgIpc) is 2.92. The summed E-state index contributed by atoms with van der Waals surface area (Å²) in [6, 6.07) is 21.7. The van der Waals surface area contributed by atoms with Crippen LogP contribution in [-0.2, 0) is 0 Å². The van der Waals surface area contributed by atoms with E-state index < -0.39 is 0 Å². The first-order valence-corrected chi connectivity index (χ1v) is 6.51. The molecular weight excluding hydrogens is 258 g/mol. The predicted molar refractivity (Wildman–Crippen MR) is 82.5 cm³/mol. The van der Waals surface area contributed by atoms with Crippen LogP contribution in [0.5, 0.6) is 0 Å². The summed E-state index contributed by atoms with van der Waals surface area (Å²) in [5.74, 6) is 0. The van der Waals surface area contributed by atoms with Gasteiger partial charge in [-0.15, -0.1) is 0 Å². The Bertz CT molecular complexity index is 887. The molecule has 3 nitrogen and oxygen atoms in total. The average molecular weight is 269 g/mol. The molecule has 0 fully saturated rings. The molecule has 0 saturated carbocycles. The highest BCUT2D eigenvalue weighted by Gasteiger charge is 2.08. The van der Waals surface area contributed by atoms with Gasteiger partial charge in [-0.3, -0.25) is 0 Å². The number of hydrogen-bond acceptors (Lipinski definition) is 2. The molecule has 0 aliphatic rings. The molecule has 0 N–H and O–H groups in total. The Hall–Kier alpha value is -3.30. The van der Waals surface area contributed by atoms with Gasteiger partial charge >= 0.3 is 0 Å². The topological polar surface area (TPSA) is 52.5 Å². The van der Waals surface area contributed by atoms with Crippen LogP contribution in [0.3, 0.4) is 0 Å². The van der Waals surface area contributed by atoms with Gasteiger partial charge in [0, 0.05) is 22.8 Å². The number of fused-ring (bicyclic) bond motifs is 1. The molecule has 98 valence electrons. The molecule has 0 aliphatic heterocycles. The molecule has 3 rings (SSSR count). The first-order chi connectivity index (χ1) is 10.3. The SMILES string of the molecule is N#CC(C#N)=Cc1cn(-c2ccccc2)c2ccccc12. The number of para-hydroxylation sites is 2. The van der Waals surface area contributed by atoms with Crippen LogP contribution < -0.4 is 0 Å². The summed E-state index contributed by atoms with van der Waals surface area (Å²) >= 11 is 0. The van der Waals surface area contributed by atoms with E-state index in [0.29, 0.717) is 0 Å². The lowest BCUT2D eigenvalue weighted by Gasteiger charge is -2.04. The van der Waals surface area contributed by atoms with Crippen molar-refractivity contribution in [1.82, 2.24) is 4.57 Å². The maximum atomic E-state index is 8.94. The zero-order chi connectivity index (χ0) is 14.7. The molecule has 21 heavy (non-hydrogen) atoms. The number of nitriles is 2. The zero-order valence-electron chi connectivity index (χ0n) is 11.2. The van der Waals surface area contributed by atoms with Crippen molar-refractivity contribution in [3.63, 3.8) is 0 Å². The van der Waals surface area contributed by atoms with Crippen molar-refractivity contribution in [3.05, 3.63) is 71.9 Å². The summed E-state index contributed by atoms with van der Waals surface area (Å²) in [5, 5.41) is 18.9. The van der Waals surface area contributed by atoms with Crippen molar-refractivity contribution in [2.45, 2.75) is 0 Å². The minimum Gasteiger partial charge on any atom is -0.316 e. The lowest BCUT2D eigenvalue weighted by Crippen LogP contribution is -1.90. The van der Waals surface area contributed by atoms with Crippen LogP contribution in [0.2, 0.25) is 0 Å². The summed E-state index contributed by atoms with van der Waals surface area (Å²) in [6.45, 7) is 0. The number of rotatable bonds is 2. The summed E-state index contributed by atoms with van der Waals surface area (Å²) in [6.07, 6.45) is 3.58. The van der Waals surface area contributed by atoms with Crippen LogP contribution >= 0.6 is 0 Å². The third-order valence-electron chi connectivity index (χ3n) is 3.32. The van der Waals surface area contributed by atoms with Crippen LogP contribution in [-0.4, -0.2) is 4.57 Å². The maximum absolute atomic E-state index is 8.94. The largest absolute Gasteiger partial charge is 0.316 e. The molecule has 0 spiro atoms. The van der Waals surface area contributed by atoms with E-state index in [1.165, 1.54) is 0 Å². The number of aromatic nitrogens is 1. The van der Waals surface area contributed by atoms with Crippen LogP contribution in [0.1, 0.15) is 5.56 Å². The summed E-state index contributed by atoms with van der Waals surface area (Å²) < 4.78 is 2.06. The Morgan fingerprint density at radius 2 is 1.57 bits per heavy atom. The number of hydrogen-bond donors (Lipinski definition) is 0. The van der Waals surface area contributed by atoms with E-state index in [4.69, 9.17) is 10.5 Å². The lowest BCUT2D eigenvalue weighted by molar-refractivity contribution is 1.13. The highest BCUT2D eigenvalue weighted by Crippen LogP contribution is 2.26. The van der Waals surface area contributed by atoms with Gasteiger partial charge < -0.3 is 4.57 Å². The monoisotopic (exact) mass is 269 g/mol. The lowest BCUT2D eigenvalue weighted by atomic mass is 10.1. The molecule has 2 aromatic carbocycles. The Morgan fingerprint density at radius 1 is 0.905 bits per heavy atom. The van der Waals surface area contributed by atoms with Crippen LogP contribution in [0.25, 0.3) is 22.7 Å². The maximum Gasteiger partial charge on any atom is 0.130 e. The van der Waals surface area contributed by atoms with Crippen molar-refractivity contribution in [2.75, 3.05) is 0 Å². The van der Waals surface area contributed by atoms with Gasteiger partial charge in [-0.1, -0.05) is 36.4 Å². The van der Waals surface area contributed by atoms with Crippen LogP contribution in [0, 0.1) is 22.7 Å². The Morgan fingerprint density at radius 3 is 2.29 bits per heavy atom. The van der Waals surface area contributed by atoms with Crippen LogP contribution in [0.15, 0.2) is 66.4 Å². The van der Waals surface area contributed by atoms with E-state index in [1.807, 2.05) is 72.9 Å². The van der Waals surface area contributed by atoms with E-state index >= 15 is 0 Å². The molecule has 0 aliphatic carbocycles. The zero-order valence-corrected chi connectivity index (χ0v) is 11.2. The third kappa shape index (κ3) is 2.29. The number of nitrogens with zero attached hydrogens (tertiary/aromatic N) is 3. The Balaban J connectivity index is 2.28. The van der Waals surface area contributed by atoms with Gasteiger partial charge in [-0.2, -0.15) is 10.5 Å². The smallest absolute Gasteiger partial charge is 0.130 e. The van der Waals surface area contributed by atoms with E-state index in [0.717, 1.165) is 22.2 Å². The Labute approximate surface area is 122 Å². The molecule has 1 aromatic heterocycles. The van der Waals surface area contributed by atoms with E-state index in [-0.39, 0.29) is 5.57 Å². The first-order valence-electron chi connectivity index (χ1n) is 6.51. The van der Waals surface area contributed by atoms with Crippen molar-refractivity contribution < 1.29 is 0 Å². The second kappa shape index (κ2) is 5.36. The third-order valence-corrected chi connectivity index (χ3v) is 3.32. The van der Waals surface area contributed by atoms with Gasteiger partial charge in [-0.05, 0) is 24.3 Å². The molecule has 0 saturated heterocycles. The standard InChI is InChI=1S/C18H11N3/c19-11-14(12-20)10-15-13-21(16-6-2-1-3-7-16)18-9-5-4-8-17(15)18/h1-10,13H.